The minimum absolute atomic E-state index is 0.607. The molecule has 3 heteroatoms. The fourth-order valence-electron chi connectivity index (χ4n) is 1.55. The summed E-state index contributed by atoms with van der Waals surface area (Å²) in [6.45, 7) is 0. The average Bonchev–Trinajstić information content (AvgIpc) is 2.03. The normalized spacial score (nSPS) is 20.0. The molecular weight excluding hydrogens is 174 g/mol. The van der Waals surface area contributed by atoms with E-state index in [0.717, 1.165) is 11.7 Å². The summed E-state index contributed by atoms with van der Waals surface area (Å²) in [5.41, 5.74) is 5.40. The Kier molecular flexibility index (Phi) is 4.23. The fraction of sp³-hybridized carbons (Fsp3) is 0.875. The fourth-order valence-corrected chi connectivity index (χ4v) is 2.49. The van der Waals surface area contributed by atoms with Gasteiger partial charge in [0.2, 0.25) is 0 Å². The molecule has 1 nitrogen and oxygen atoms in total. The molecule has 0 heterocycles. The zero-order chi connectivity index (χ0) is 8.10. The lowest BCUT2D eigenvalue weighted by Crippen LogP contribution is -2.12. The van der Waals surface area contributed by atoms with E-state index in [1.807, 2.05) is 0 Å². The summed E-state index contributed by atoms with van der Waals surface area (Å²) in [7, 11) is 0. The van der Waals surface area contributed by atoms with Gasteiger partial charge in [0, 0.05) is 5.75 Å². The molecule has 1 aliphatic rings. The molecule has 1 fully saturated rings. The molecule has 1 aliphatic carbocycles. The minimum atomic E-state index is 0.607. The van der Waals surface area contributed by atoms with E-state index >= 15 is 0 Å². The van der Waals surface area contributed by atoms with Crippen molar-refractivity contribution in [1.29, 1.82) is 0 Å². The maximum absolute atomic E-state index is 5.40. The third kappa shape index (κ3) is 3.97. The lowest BCUT2D eigenvalue weighted by atomic mass is 9.91. The van der Waals surface area contributed by atoms with Crippen LogP contribution in [0, 0.1) is 5.92 Å². The number of hydrogen-bond donors (Lipinski definition) is 1. The van der Waals surface area contributed by atoms with Crippen LogP contribution < -0.4 is 5.73 Å². The molecule has 0 aromatic heterocycles. The number of nitrogens with two attached hydrogens (primary N) is 1. The van der Waals surface area contributed by atoms with Gasteiger partial charge in [0.1, 0.15) is 4.32 Å². The van der Waals surface area contributed by atoms with Crippen molar-refractivity contribution in [3.63, 3.8) is 0 Å². The van der Waals surface area contributed by atoms with E-state index in [1.54, 1.807) is 11.8 Å². The number of rotatable bonds is 2. The highest BCUT2D eigenvalue weighted by Gasteiger charge is 2.13. The molecule has 0 saturated heterocycles. The first-order valence-electron chi connectivity index (χ1n) is 4.21. The van der Waals surface area contributed by atoms with Gasteiger partial charge >= 0.3 is 0 Å². The maximum atomic E-state index is 5.40. The van der Waals surface area contributed by atoms with Crippen molar-refractivity contribution in [2.75, 3.05) is 5.75 Å². The van der Waals surface area contributed by atoms with Crippen LogP contribution in [-0.4, -0.2) is 10.1 Å². The van der Waals surface area contributed by atoms with Gasteiger partial charge < -0.3 is 5.73 Å². The first kappa shape index (κ1) is 9.33. The summed E-state index contributed by atoms with van der Waals surface area (Å²) < 4.78 is 0.607. The Balaban J connectivity index is 2.09. The zero-order valence-electron chi connectivity index (χ0n) is 6.71. The van der Waals surface area contributed by atoms with E-state index in [0.29, 0.717) is 4.32 Å². The third-order valence-corrected chi connectivity index (χ3v) is 3.46. The van der Waals surface area contributed by atoms with Gasteiger partial charge in [0.25, 0.3) is 0 Å². The monoisotopic (exact) mass is 189 g/mol. The Morgan fingerprint density at radius 2 is 2.00 bits per heavy atom. The Morgan fingerprint density at radius 1 is 1.36 bits per heavy atom. The van der Waals surface area contributed by atoms with Crippen LogP contribution in [0.5, 0.6) is 0 Å². The number of thioether (sulfide) groups is 1. The Bertz CT molecular complexity index is 130. The van der Waals surface area contributed by atoms with Crippen LogP contribution in [0.25, 0.3) is 0 Å². The van der Waals surface area contributed by atoms with Crippen LogP contribution in [0.15, 0.2) is 0 Å². The highest BCUT2D eigenvalue weighted by molar-refractivity contribution is 8.22. The molecule has 1 saturated carbocycles. The van der Waals surface area contributed by atoms with Gasteiger partial charge in [-0.15, -0.1) is 0 Å². The second kappa shape index (κ2) is 4.99. The minimum Gasteiger partial charge on any atom is -0.385 e. The van der Waals surface area contributed by atoms with Gasteiger partial charge in [-0.3, -0.25) is 0 Å². The van der Waals surface area contributed by atoms with Crippen molar-refractivity contribution in [3.8, 4) is 0 Å². The first-order valence-corrected chi connectivity index (χ1v) is 5.60. The molecule has 0 atom stereocenters. The Labute approximate surface area is 78.1 Å². The summed E-state index contributed by atoms with van der Waals surface area (Å²) in [4.78, 5) is 0. The predicted molar refractivity (Wildman–Crippen MR) is 55.8 cm³/mol. The van der Waals surface area contributed by atoms with Crippen LogP contribution in [0.1, 0.15) is 32.1 Å². The lowest BCUT2D eigenvalue weighted by Gasteiger charge is -2.20. The van der Waals surface area contributed by atoms with Gasteiger partial charge in [-0.2, -0.15) is 0 Å². The van der Waals surface area contributed by atoms with E-state index in [-0.39, 0.29) is 0 Å². The van der Waals surface area contributed by atoms with E-state index in [1.165, 1.54) is 32.1 Å². The van der Waals surface area contributed by atoms with Crippen LogP contribution in [-0.2, 0) is 0 Å². The smallest absolute Gasteiger partial charge is 0.131 e. The topological polar surface area (TPSA) is 26.0 Å². The molecule has 0 radical (unpaired) electrons. The largest absolute Gasteiger partial charge is 0.385 e. The zero-order valence-corrected chi connectivity index (χ0v) is 8.35. The van der Waals surface area contributed by atoms with E-state index in [2.05, 4.69) is 0 Å². The van der Waals surface area contributed by atoms with Crippen molar-refractivity contribution in [2.45, 2.75) is 32.1 Å². The van der Waals surface area contributed by atoms with Gasteiger partial charge in [-0.05, 0) is 18.8 Å². The molecule has 1 rings (SSSR count). The SMILES string of the molecule is NC(=S)SCC1CCCCC1. The van der Waals surface area contributed by atoms with Crippen molar-refractivity contribution in [2.24, 2.45) is 11.7 Å². The van der Waals surface area contributed by atoms with Gasteiger partial charge in [0.15, 0.2) is 0 Å². The van der Waals surface area contributed by atoms with E-state index < -0.39 is 0 Å². The second-order valence-electron chi connectivity index (χ2n) is 3.13. The summed E-state index contributed by atoms with van der Waals surface area (Å²) in [6.07, 6.45) is 7.00. The second-order valence-corrected chi connectivity index (χ2v) is 4.89. The molecule has 0 aromatic carbocycles. The lowest BCUT2D eigenvalue weighted by molar-refractivity contribution is 0.391. The van der Waals surface area contributed by atoms with Crippen LogP contribution in [0.2, 0.25) is 0 Å². The number of thiocarbonyl (C=S) groups is 1. The molecule has 64 valence electrons. The van der Waals surface area contributed by atoms with Crippen LogP contribution in [0.4, 0.5) is 0 Å². The summed E-state index contributed by atoms with van der Waals surface area (Å²) in [6, 6.07) is 0. The molecule has 2 N–H and O–H groups in total. The van der Waals surface area contributed by atoms with Crippen LogP contribution in [0.3, 0.4) is 0 Å². The molecule has 0 amide bonds. The predicted octanol–water partition coefficient (Wildman–Crippen LogP) is 2.54. The molecule has 0 unspecified atom stereocenters. The molecular formula is C8H15NS2. The molecule has 0 bridgehead atoms. The molecule has 0 aromatic rings. The van der Waals surface area contributed by atoms with E-state index in [9.17, 15) is 0 Å². The van der Waals surface area contributed by atoms with Gasteiger partial charge in [-0.25, -0.2) is 0 Å². The summed E-state index contributed by atoms with van der Waals surface area (Å²) in [5, 5.41) is 0. The quantitative estimate of drug-likeness (QED) is 0.676. The summed E-state index contributed by atoms with van der Waals surface area (Å²) >= 11 is 6.45. The average molecular weight is 189 g/mol. The molecule has 0 spiro atoms. The van der Waals surface area contributed by atoms with Crippen LogP contribution >= 0.6 is 24.0 Å². The Hall–Kier alpha value is 0.240. The van der Waals surface area contributed by atoms with Crippen molar-refractivity contribution in [3.05, 3.63) is 0 Å². The molecule has 0 aliphatic heterocycles. The van der Waals surface area contributed by atoms with Crippen molar-refractivity contribution >= 4 is 28.3 Å². The third-order valence-electron chi connectivity index (χ3n) is 2.19. The highest BCUT2D eigenvalue weighted by Crippen LogP contribution is 2.26. The van der Waals surface area contributed by atoms with E-state index in [4.69, 9.17) is 18.0 Å². The van der Waals surface area contributed by atoms with Crippen molar-refractivity contribution in [1.82, 2.24) is 0 Å². The Morgan fingerprint density at radius 3 is 2.55 bits per heavy atom. The summed E-state index contributed by atoms with van der Waals surface area (Å²) in [5.74, 6) is 2.03. The van der Waals surface area contributed by atoms with Gasteiger partial charge in [0.05, 0.1) is 0 Å². The standard InChI is InChI=1S/C8H15NS2/c9-8(10)11-6-7-4-2-1-3-5-7/h7H,1-6H2,(H2,9,10). The first-order chi connectivity index (χ1) is 5.29. The van der Waals surface area contributed by atoms with Crippen molar-refractivity contribution < 1.29 is 0 Å². The number of hydrogen-bond acceptors (Lipinski definition) is 2. The maximum Gasteiger partial charge on any atom is 0.131 e. The highest BCUT2D eigenvalue weighted by atomic mass is 32.2. The molecule has 11 heavy (non-hydrogen) atoms. The van der Waals surface area contributed by atoms with Gasteiger partial charge in [-0.1, -0.05) is 43.2 Å².